The molecular formula is C20H22N2OS. The van der Waals surface area contributed by atoms with E-state index in [2.05, 4.69) is 52.7 Å². The highest BCUT2D eigenvalue weighted by atomic mass is 32.1. The van der Waals surface area contributed by atoms with E-state index < -0.39 is 0 Å². The standard InChI is InChI=1S/C20H22N2OS/c21-12-16-6-8-17(9-7-16)13-22(15-20-5-2-10-24-20)14-18-3-1-4-19(23)11-18/h1-11,23H,12-15,21H2. The molecule has 0 saturated heterocycles. The van der Waals surface area contributed by atoms with Gasteiger partial charge in [0.25, 0.3) is 0 Å². The minimum Gasteiger partial charge on any atom is -0.508 e. The normalized spacial score (nSPS) is 11.1. The van der Waals surface area contributed by atoms with Gasteiger partial charge in [-0.2, -0.15) is 0 Å². The predicted octanol–water partition coefficient (Wildman–Crippen LogP) is 4.11. The van der Waals surface area contributed by atoms with Crippen LogP contribution in [0.1, 0.15) is 21.6 Å². The molecule has 0 atom stereocenters. The summed E-state index contributed by atoms with van der Waals surface area (Å²) in [5, 5.41) is 11.8. The van der Waals surface area contributed by atoms with Gasteiger partial charge in [-0.1, -0.05) is 42.5 Å². The first-order valence-corrected chi connectivity index (χ1v) is 8.91. The van der Waals surface area contributed by atoms with Gasteiger partial charge in [-0.05, 0) is 40.3 Å². The van der Waals surface area contributed by atoms with Gasteiger partial charge in [-0.15, -0.1) is 11.3 Å². The van der Waals surface area contributed by atoms with Crippen LogP contribution in [0.15, 0.2) is 66.0 Å². The van der Waals surface area contributed by atoms with Gasteiger partial charge in [-0.3, -0.25) is 4.90 Å². The summed E-state index contributed by atoms with van der Waals surface area (Å²) in [5.74, 6) is 0.316. The molecule has 0 saturated carbocycles. The third kappa shape index (κ3) is 4.68. The Morgan fingerprint density at radius 2 is 1.58 bits per heavy atom. The Morgan fingerprint density at radius 3 is 2.25 bits per heavy atom. The maximum atomic E-state index is 9.70. The smallest absolute Gasteiger partial charge is 0.115 e. The Bertz CT molecular complexity index is 754. The first kappa shape index (κ1) is 16.7. The molecule has 0 aliphatic rings. The van der Waals surface area contributed by atoms with Crippen LogP contribution in [0.2, 0.25) is 0 Å². The van der Waals surface area contributed by atoms with Gasteiger partial charge in [0.05, 0.1) is 0 Å². The quantitative estimate of drug-likeness (QED) is 0.681. The molecule has 1 heterocycles. The fraction of sp³-hybridized carbons (Fsp3) is 0.200. The van der Waals surface area contributed by atoms with Crippen molar-refractivity contribution < 1.29 is 5.11 Å². The maximum absolute atomic E-state index is 9.70. The van der Waals surface area contributed by atoms with E-state index in [0.717, 1.165) is 30.8 Å². The number of aromatic hydroxyl groups is 1. The largest absolute Gasteiger partial charge is 0.508 e. The lowest BCUT2D eigenvalue weighted by Crippen LogP contribution is -2.22. The molecule has 3 aromatic rings. The van der Waals surface area contributed by atoms with E-state index in [1.54, 1.807) is 17.4 Å². The molecule has 3 rings (SSSR count). The molecular weight excluding hydrogens is 316 g/mol. The highest BCUT2D eigenvalue weighted by molar-refractivity contribution is 7.09. The number of thiophene rings is 1. The van der Waals surface area contributed by atoms with Gasteiger partial charge in [-0.25, -0.2) is 0 Å². The first-order valence-electron chi connectivity index (χ1n) is 8.03. The van der Waals surface area contributed by atoms with E-state index >= 15 is 0 Å². The zero-order valence-electron chi connectivity index (χ0n) is 13.6. The summed E-state index contributed by atoms with van der Waals surface area (Å²) in [6, 6.07) is 20.2. The molecule has 4 heteroatoms. The van der Waals surface area contributed by atoms with Crippen LogP contribution in [0.5, 0.6) is 5.75 Å². The fourth-order valence-electron chi connectivity index (χ4n) is 2.74. The SMILES string of the molecule is NCc1ccc(CN(Cc2cccc(O)c2)Cc2cccs2)cc1. The van der Waals surface area contributed by atoms with Gasteiger partial charge in [0.15, 0.2) is 0 Å². The van der Waals surface area contributed by atoms with Gasteiger partial charge in [0.2, 0.25) is 0 Å². The average Bonchev–Trinajstić information content (AvgIpc) is 3.08. The van der Waals surface area contributed by atoms with Crippen LogP contribution in [-0.4, -0.2) is 10.0 Å². The van der Waals surface area contributed by atoms with Crippen molar-refractivity contribution in [2.24, 2.45) is 5.73 Å². The van der Waals surface area contributed by atoms with Crippen molar-refractivity contribution in [1.29, 1.82) is 0 Å². The summed E-state index contributed by atoms with van der Waals surface area (Å²) >= 11 is 1.77. The Morgan fingerprint density at radius 1 is 0.833 bits per heavy atom. The number of rotatable bonds is 7. The van der Waals surface area contributed by atoms with Crippen LogP contribution in [0.3, 0.4) is 0 Å². The predicted molar refractivity (Wildman–Crippen MR) is 99.7 cm³/mol. The van der Waals surface area contributed by atoms with Crippen molar-refractivity contribution in [2.75, 3.05) is 0 Å². The van der Waals surface area contributed by atoms with Crippen molar-refractivity contribution in [2.45, 2.75) is 26.2 Å². The second kappa shape index (κ2) is 8.11. The molecule has 0 aliphatic carbocycles. The highest BCUT2D eigenvalue weighted by Crippen LogP contribution is 2.19. The third-order valence-corrected chi connectivity index (χ3v) is 4.80. The number of hydrogen-bond acceptors (Lipinski definition) is 4. The molecule has 0 spiro atoms. The number of hydrogen-bond donors (Lipinski definition) is 2. The Balaban J connectivity index is 1.75. The van der Waals surface area contributed by atoms with E-state index in [4.69, 9.17) is 5.73 Å². The minimum absolute atomic E-state index is 0.316. The van der Waals surface area contributed by atoms with E-state index in [1.165, 1.54) is 10.4 Å². The number of phenols is 1. The average molecular weight is 338 g/mol. The van der Waals surface area contributed by atoms with Crippen molar-refractivity contribution in [3.05, 3.63) is 87.6 Å². The topological polar surface area (TPSA) is 49.5 Å². The zero-order chi connectivity index (χ0) is 16.8. The van der Waals surface area contributed by atoms with E-state index in [1.807, 2.05) is 12.1 Å². The first-order chi connectivity index (χ1) is 11.7. The number of nitrogens with two attached hydrogens (primary N) is 1. The van der Waals surface area contributed by atoms with Crippen LogP contribution in [0.25, 0.3) is 0 Å². The van der Waals surface area contributed by atoms with Crippen molar-refractivity contribution in [3.63, 3.8) is 0 Å². The van der Waals surface area contributed by atoms with Gasteiger partial charge < -0.3 is 10.8 Å². The highest BCUT2D eigenvalue weighted by Gasteiger charge is 2.10. The summed E-state index contributed by atoms with van der Waals surface area (Å²) in [6.07, 6.45) is 0. The number of phenolic OH excluding ortho intramolecular Hbond substituents is 1. The van der Waals surface area contributed by atoms with Crippen LogP contribution in [0, 0.1) is 0 Å². The Labute approximate surface area is 147 Å². The van der Waals surface area contributed by atoms with Gasteiger partial charge in [0, 0.05) is 31.1 Å². The van der Waals surface area contributed by atoms with Crippen LogP contribution >= 0.6 is 11.3 Å². The summed E-state index contributed by atoms with van der Waals surface area (Å²) in [4.78, 5) is 3.73. The van der Waals surface area contributed by atoms with Gasteiger partial charge in [0.1, 0.15) is 5.75 Å². The molecule has 0 fully saturated rings. The van der Waals surface area contributed by atoms with E-state index in [9.17, 15) is 5.11 Å². The van der Waals surface area contributed by atoms with E-state index in [-0.39, 0.29) is 0 Å². The Hall–Kier alpha value is -2.14. The van der Waals surface area contributed by atoms with Crippen LogP contribution in [0.4, 0.5) is 0 Å². The molecule has 3 nitrogen and oxygen atoms in total. The van der Waals surface area contributed by atoms with Crippen LogP contribution in [-0.2, 0) is 26.2 Å². The van der Waals surface area contributed by atoms with Crippen molar-refractivity contribution in [1.82, 2.24) is 4.90 Å². The van der Waals surface area contributed by atoms with Gasteiger partial charge >= 0.3 is 0 Å². The summed E-state index contributed by atoms with van der Waals surface area (Å²) in [7, 11) is 0. The number of benzene rings is 2. The fourth-order valence-corrected chi connectivity index (χ4v) is 3.49. The molecule has 0 radical (unpaired) electrons. The summed E-state index contributed by atoms with van der Waals surface area (Å²) in [5.41, 5.74) is 9.21. The van der Waals surface area contributed by atoms with Crippen molar-refractivity contribution >= 4 is 11.3 Å². The zero-order valence-corrected chi connectivity index (χ0v) is 14.4. The van der Waals surface area contributed by atoms with E-state index in [0.29, 0.717) is 12.3 Å². The second-order valence-electron chi connectivity index (χ2n) is 5.92. The molecule has 124 valence electrons. The Kier molecular flexibility index (Phi) is 5.64. The molecule has 0 bridgehead atoms. The summed E-state index contributed by atoms with van der Waals surface area (Å²) < 4.78 is 0. The second-order valence-corrected chi connectivity index (χ2v) is 6.95. The number of nitrogens with zero attached hydrogens (tertiary/aromatic N) is 1. The lowest BCUT2D eigenvalue weighted by atomic mass is 10.1. The molecule has 2 aromatic carbocycles. The lowest BCUT2D eigenvalue weighted by molar-refractivity contribution is 0.249. The third-order valence-electron chi connectivity index (χ3n) is 3.94. The van der Waals surface area contributed by atoms with Crippen LogP contribution < -0.4 is 5.73 Å². The molecule has 0 amide bonds. The monoisotopic (exact) mass is 338 g/mol. The maximum Gasteiger partial charge on any atom is 0.115 e. The molecule has 3 N–H and O–H groups in total. The lowest BCUT2D eigenvalue weighted by Gasteiger charge is -2.22. The molecule has 0 aliphatic heterocycles. The summed E-state index contributed by atoms with van der Waals surface area (Å²) in [6.45, 7) is 3.12. The van der Waals surface area contributed by atoms with Crippen molar-refractivity contribution in [3.8, 4) is 5.75 Å². The molecule has 0 unspecified atom stereocenters. The minimum atomic E-state index is 0.316. The molecule has 1 aromatic heterocycles. The molecule has 24 heavy (non-hydrogen) atoms.